The van der Waals surface area contributed by atoms with Gasteiger partial charge in [0.15, 0.2) is 6.61 Å². The van der Waals surface area contributed by atoms with Crippen molar-refractivity contribution < 1.29 is 14.3 Å². The molecule has 0 aliphatic heterocycles. The van der Waals surface area contributed by atoms with Gasteiger partial charge in [0, 0.05) is 23.2 Å². The molecule has 0 radical (unpaired) electrons. The molecule has 1 amide bonds. The highest BCUT2D eigenvalue weighted by molar-refractivity contribution is 6.30. The lowest BCUT2D eigenvalue weighted by molar-refractivity contribution is -0.123. The predicted molar refractivity (Wildman–Crippen MR) is 130 cm³/mol. The fourth-order valence-corrected chi connectivity index (χ4v) is 3.24. The summed E-state index contributed by atoms with van der Waals surface area (Å²) >= 11 is 5.92. The highest BCUT2D eigenvalue weighted by atomic mass is 35.5. The van der Waals surface area contributed by atoms with Crippen molar-refractivity contribution in [1.82, 2.24) is 15.1 Å². The molecule has 0 spiro atoms. The van der Waals surface area contributed by atoms with Gasteiger partial charge < -0.3 is 14.8 Å². The fraction of sp³-hybridized carbons (Fsp3) is 0.115. The minimum atomic E-state index is -0.300. The first-order chi connectivity index (χ1) is 16.6. The van der Waals surface area contributed by atoms with E-state index in [1.165, 1.54) is 10.7 Å². The second-order valence-corrected chi connectivity index (χ2v) is 7.75. The molecule has 3 aromatic carbocycles. The van der Waals surface area contributed by atoms with Gasteiger partial charge in [-0.1, -0.05) is 41.9 Å². The molecule has 1 heterocycles. The Labute approximate surface area is 201 Å². The number of carbonyl (C=O) groups is 1. The van der Waals surface area contributed by atoms with Gasteiger partial charge in [-0.25, -0.2) is 4.68 Å². The quantitative estimate of drug-likeness (QED) is 0.384. The lowest BCUT2D eigenvalue weighted by Gasteiger charge is -2.10. The van der Waals surface area contributed by atoms with Crippen molar-refractivity contribution in [2.24, 2.45) is 0 Å². The highest BCUT2D eigenvalue weighted by Gasteiger charge is 2.06. The van der Waals surface area contributed by atoms with E-state index < -0.39 is 0 Å². The van der Waals surface area contributed by atoms with Gasteiger partial charge in [0.2, 0.25) is 0 Å². The van der Waals surface area contributed by atoms with E-state index in [4.69, 9.17) is 21.1 Å². The van der Waals surface area contributed by atoms with Gasteiger partial charge in [-0.15, -0.1) is 0 Å². The average Bonchev–Trinajstić information content (AvgIpc) is 2.86. The minimum Gasteiger partial charge on any atom is -0.484 e. The van der Waals surface area contributed by atoms with Crippen molar-refractivity contribution in [2.75, 3.05) is 13.2 Å². The van der Waals surface area contributed by atoms with Crippen molar-refractivity contribution in [2.45, 2.75) is 6.54 Å². The number of hydrogen-bond acceptors (Lipinski definition) is 5. The maximum absolute atomic E-state index is 12.1. The van der Waals surface area contributed by atoms with E-state index in [9.17, 15) is 9.59 Å². The van der Waals surface area contributed by atoms with Crippen LogP contribution in [0, 0.1) is 0 Å². The third kappa shape index (κ3) is 6.46. The summed E-state index contributed by atoms with van der Waals surface area (Å²) < 4.78 is 12.6. The zero-order chi connectivity index (χ0) is 23.8. The number of ether oxygens (including phenoxy) is 2. The summed E-state index contributed by atoms with van der Waals surface area (Å²) in [5.74, 6) is 1.65. The molecule has 0 saturated carbocycles. The Hall–Kier alpha value is -4.10. The van der Waals surface area contributed by atoms with E-state index in [-0.39, 0.29) is 31.2 Å². The third-order valence-electron chi connectivity index (χ3n) is 4.82. The molecule has 1 aromatic heterocycles. The molecule has 172 valence electrons. The molecule has 0 saturated heterocycles. The van der Waals surface area contributed by atoms with Crippen LogP contribution in [0.1, 0.15) is 0 Å². The van der Waals surface area contributed by atoms with Crippen LogP contribution in [0.15, 0.2) is 95.8 Å². The lowest BCUT2D eigenvalue weighted by atomic mass is 10.1. The summed E-state index contributed by atoms with van der Waals surface area (Å²) in [5.41, 5.74) is 1.24. The molecule has 8 heteroatoms. The first-order valence-corrected chi connectivity index (χ1v) is 11.0. The standard InChI is InChI=1S/C26H22ClN3O4/c27-20-8-6-19(7-9-20)24-14-15-26(32)30(29-24)17-16-28-25(31)18-33-21-10-12-23(13-11-21)34-22-4-2-1-3-5-22/h1-15H,16-18H2,(H,28,31). The smallest absolute Gasteiger partial charge is 0.266 e. The number of para-hydroxylation sites is 1. The summed E-state index contributed by atoms with van der Waals surface area (Å²) in [4.78, 5) is 24.3. The zero-order valence-corrected chi connectivity index (χ0v) is 18.9. The Morgan fingerprint density at radius 1 is 0.853 bits per heavy atom. The molecule has 0 aliphatic carbocycles. The van der Waals surface area contributed by atoms with E-state index >= 15 is 0 Å². The Kier molecular flexibility index (Phi) is 7.57. The molecule has 7 nitrogen and oxygen atoms in total. The van der Waals surface area contributed by atoms with Crippen LogP contribution >= 0.6 is 11.6 Å². The van der Waals surface area contributed by atoms with Gasteiger partial charge in [-0.2, -0.15) is 5.10 Å². The first-order valence-electron chi connectivity index (χ1n) is 10.6. The van der Waals surface area contributed by atoms with Crippen molar-refractivity contribution >= 4 is 17.5 Å². The van der Waals surface area contributed by atoms with Gasteiger partial charge >= 0.3 is 0 Å². The Bertz CT molecular complexity index is 1290. The Morgan fingerprint density at radius 3 is 2.26 bits per heavy atom. The SMILES string of the molecule is O=C(COc1ccc(Oc2ccccc2)cc1)NCCn1nc(-c2ccc(Cl)cc2)ccc1=O. The van der Waals surface area contributed by atoms with Gasteiger partial charge in [0.1, 0.15) is 17.2 Å². The monoisotopic (exact) mass is 475 g/mol. The van der Waals surface area contributed by atoms with E-state index in [2.05, 4.69) is 10.4 Å². The van der Waals surface area contributed by atoms with Crippen LogP contribution in [0.4, 0.5) is 0 Å². The Balaban J connectivity index is 1.24. The fourth-order valence-electron chi connectivity index (χ4n) is 3.11. The molecule has 0 bridgehead atoms. The summed E-state index contributed by atoms with van der Waals surface area (Å²) in [6, 6.07) is 26.8. The van der Waals surface area contributed by atoms with E-state index in [1.54, 1.807) is 42.5 Å². The average molecular weight is 476 g/mol. The van der Waals surface area contributed by atoms with Crippen molar-refractivity contribution in [3.8, 4) is 28.5 Å². The summed E-state index contributed by atoms with van der Waals surface area (Å²) in [5, 5.41) is 7.72. The first kappa shape index (κ1) is 23.1. The van der Waals surface area contributed by atoms with Gasteiger partial charge in [0.25, 0.3) is 11.5 Å². The number of rotatable bonds is 9. The van der Waals surface area contributed by atoms with Crippen molar-refractivity contribution in [3.05, 3.63) is 106 Å². The zero-order valence-electron chi connectivity index (χ0n) is 18.2. The Morgan fingerprint density at radius 2 is 1.53 bits per heavy atom. The number of benzene rings is 3. The molecule has 0 unspecified atom stereocenters. The highest BCUT2D eigenvalue weighted by Crippen LogP contribution is 2.23. The van der Waals surface area contributed by atoms with Gasteiger partial charge in [-0.3, -0.25) is 9.59 Å². The number of nitrogens with zero attached hydrogens (tertiary/aromatic N) is 2. The number of halogens is 1. The molecular weight excluding hydrogens is 454 g/mol. The molecule has 34 heavy (non-hydrogen) atoms. The number of aromatic nitrogens is 2. The van der Waals surface area contributed by atoms with Crippen LogP contribution < -0.4 is 20.3 Å². The minimum absolute atomic E-state index is 0.147. The van der Waals surface area contributed by atoms with Crippen LogP contribution in [0.3, 0.4) is 0 Å². The molecule has 0 fully saturated rings. The molecule has 1 N–H and O–H groups in total. The largest absolute Gasteiger partial charge is 0.484 e. The molecular formula is C26H22ClN3O4. The molecule has 4 aromatic rings. The van der Waals surface area contributed by atoms with Crippen LogP contribution in [0.5, 0.6) is 17.2 Å². The summed E-state index contributed by atoms with van der Waals surface area (Å²) in [7, 11) is 0. The normalized spacial score (nSPS) is 10.5. The van der Waals surface area contributed by atoms with Crippen LogP contribution in [0.25, 0.3) is 11.3 Å². The summed E-state index contributed by atoms with van der Waals surface area (Å²) in [6.07, 6.45) is 0. The number of amides is 1. The lowest BCUT2D eigenvalue weighted by Crippen LogP contribution is -2.34. The number of carbonyl (C=O) groups excluding carboxylic acids is 1. The summed E-state index contributed by atoms with van der Waals surface area (Å²) in [6.45, 7) is 0.326. The maximum Gasteiger partial charge on any atom is 0.266 e. The number of hydrogen-bond donors (Lipinski definition) is 1. The van der Waals surface area contributed by atoms with Crippen LogP contribution in [-0.2, 0) is 11.3 Å². The van der Waals surface area contributed by atoms with Crippen molar-refractivity contribution in [3.63, 3.8) is 0 Å². The second-order valence-electron chi connectivity index (χ2n) is 7.31. The van der Waals surface area contributed by atoms with Gasteiger partial charge in [-0.05, 0) is 54.6 Å². The van der Waals surface area contributed by atoms with Crippen molar-refractivity contribution in [1.29, 1.82) is 0 Å². The van der Waals surface area contributed by atoms with E-state index in [1.807, 2.05) is 42.5 Å². The van der Waals surface area contributed by atoms with E-state index in [0.717, 1.165) is 11.3 Å². The molecule has 0 aliphatic rings. The van der Waals surface area contributed by atoms with Crippen LogP contribution in [-0.4, -0.2) is 28.8 Å². The van der Waals surface area contributed by atoms with E-state index in [0.29, 0.717) is 22.2 Å². The third-order valence-corrected chi connectivity index (χ3v) is 5.08. The topological polar surface area (TPSA) is 82.4 Å². The van der Waals surface area contributed by atoms with Crippen LogP contribution in [0.2, 0.25) is 5.02 Å². The molecule has 0 atom stereocenters. The second kappa shape index (κ2) is 11.2. The molecule has 4 rings (SSSR count). The van der Waals surface area contributed by atoms with Gasteiger partial charge in [0.05, 0.1) is 12.2 Å². The maximum atomic E-state index is 12.1. The predicted octanol–water partition coefficient (Wildman–Crippen LogP) is 4.55. The number of nitrogens with one attached hydrogen (secondary N) is 1.